The topological polar surface area (TPSA) is 59.3 Å². The van der Waals surface area contributed by atoms with E-state index < -0.39 is 0 Å². The van der Waals surface area contributed by atoms with Gasteiger partial charge >= 0.3 is 0 Å². The first-order valence-electron chi connectivity index (χ1n) is 7.69. The molecule has 0 spiro atoms. The minimum absolute atomic E-state index is 0.128. The Bertz CT molecular complexity index is 854. The van der Waals surface area contributed by atoms with Crippen LogP contribution in [0.3, 0.4) is 0 Å². The molecule has 3 aromatic rings. The molecule has 0 aliphatic carbocycles. The van der Waals surface area contributed by atoms with E-state index in [1.165, 1.54) is 21.4 Å². The Kier molecular flexibility index (Phi) is 4.54. The summed E-state index contributed by atoms with van der Waals surface area (Å²) in [7, 11) is 0. The molecule has 1 N–H and O–H groups in total. The number of nitrogens with one attached hydrogen (secondary N) is 1. The van der Waals surface area contributed by atoms with E-state index >= 15 is 0 Å². The fourth-order valence-corrected chi connectivity index (χ4v) is 3.42. The van der Waals surface area contributed by atoms with Gasteiger partial charge in [0.1, 0.15) is 5.01 Å². The molecule has 0 amide bonds. The molecule has 0 aliphatic heterocycles. The van der Waals surface area contributed by atoms with Crippen LogP contribution in [0.15, 0.2) is 41.2 Å². The number of hydrogen-bond donors (Lipinski definition) is 1. The van der Waals surface area contributed by atoms with E-state index in [9.17, 15) is 4.79 Å². The highest BCUT2D eigenvalue weighted by atomic mass is 32.1. The van der Waals surface area contributed by atoms with Crippen LogP contribution in [-0.2, 0) is 6.54 Å². The lowest BCUT2D eigenvalue weighted by Crippen LogP contribution is -2.27. The number of hydrogen-bond acceptors (Lipinski definition) is 5. The second-order valence-electron chi connectivity index (χ2n) is 5.91. The molecule has 2 aromatic heterocycles. The standard InChI is InChI=1S/C17H20N4OS/c1-11(2)16(13-7-5-4-6-8-13)18-10-14-9-15(22)21-17(19-14)23-12(3)20-21/h4-9,11,16,18H,10H2,1-3H3. The summed E-state index contributed by atoms with van der Waals surface area (Å²) < 4.78 is 1.36. The van der Waals surface area contributed by atoms with Gasteiger partial charge in [0.05, 0.1) is 5.69 Å². The van der Waals surface area contributed by atoms with Crippen LogP contribution in [-0.4, -0.2) is 14.6 Å². The summed E-state index contributed by atoms with van der Waals surface area (Å²) in [5.41, 5.74) is 1.87. The lowest BCUT2D eigenvalue weighted by molar-refractivity contribution is 0.408. The highest BCUT2D eigenvalue weighted by molar-refractivity contribution is 7.16. The number of rotatable bonds is 5. The van der Waals surface area contributed by atoms with Gasteiger partial charge in [-0.05, 0) is 18.4 Å². The van der Waals surface area contributed by atoms with Crippen LogP contribution in [0.4, 0.5) is 0 Å². The molecule has 0 aliphatic rings. The molecule has 6 heteroatoms. The van der Waals surface area contributed by atoms with Crippen molar-refractivity contribution in [2.75, 3.05) is 0 Å². The first kappa shape index (κ1) is 15.8. The number of aromatic nitrogens is 3. The number of fused-ring (bicyclic) bond motifs is 1. The average molecular weight is 328 g/mol. The second-order valence-corrected chi connectivity index (χ2v) is 7.07. The van der Waals surface area contributed by atoms with Gasteiger partial charge < -0.3 is 5.32 Å². The van der Waals surface area contributed by atoms with Crippen molar-refractivity contribution >= 4 is 16.3 Å². The van der Waals surface area contributed by atoms with E-state index in [0.29, 0.717) is 17.4 Å². The smallest absolute Gasteiger partial charge is 0.275 e. The van der Waals surface area contributed by atoms with Crippen LogP contribution in [0.5, 0.6) is 0 Å². The summed E-state index contributed by atoms with van der Waals surface area (Å²) in [4.78, 5) is 17.3. The maximum absolute atomic E-state index is 12.1. The summed E-state index contributed by atoms with van der Waals surface area (Å²) in [6, 6.07) is 12.1. The maximum atomic E-state index is 12.1. The minimum atomic E-state index is -0.128. The normalized spacial score (nSPS) is 12.9. The van der Waals surface area contributed by atoms with Crippen molar-refractivity contribution < 1.29 is 0 Å². The molecule has 0 fully saturated rings. The molecular formula is C17H20N4OS. The molecule has 0 saturated heterocycles. The number of nitrogens with zero attached hydrogens (tertiary/aromatic N) is 3. The van der Waals surface area contributed by atoms with Gasteiger partial charge in [0.25, 0.3) is 5.56 Å². The Morgan fingerprint density at radius 1 is 1.26 bits per heavy atom. The monoisotopic (exact) mass is 328 g/mol. The summed E-state index contributed by atoms with van der Waals surface area (Å²) in [5.74, 6) is 0.438. The molecule has 0 radical (unpaired) electrons. The zero-order chi connectivity index (χ0) is 16.4. The van der Waals surface area contributed by atoms with Gasteiger partial charge in [-0.1, -0.05) is 55.5 Å². The Labute approximate surface area is 139 Å². The van der Waals surface area contributed by atoms with Crippen LogP contribution >= 0.6 is 11.3 Å². The highest BCUT2D eigenvalue weighted by Crippen LogP contribution is 2.21. The fourth-order valence-electron chi connectivity index (χ4n) is 2.66. The minimum Gasteiger partial charge on any atom is -0.304 e. The van der Waals surface area contributed by atoms with Crippen molar-refractivity contribution in [3.63, 3.8) is 0 Å². The van der Waals surface area contributed by atoms with Gasteiger partial charge in [-0.2, -0.15) is 9.61 Å². The van der Waals surface area contributed by atoms with Crippen LogP contribution in [0.2, 0.25) is 0 Å². The Balaban J connectivity index is 1.82. The quantitative estimate of drug-likeness (QED) is 0.782. The third-order valence-electron chi connectivity index (χ3n) is 3.73. The second kappa shape index (κ2) is 6.60. The van der Waals surface area contributed by atoms with Crippen LogP contribution < -0.4 is 10.9 Å². The molecule has 1 aromatic carbocycles. The van der Waals surface area contributed by atoms with E-state index in [1.807, 2.05) is 25.1 Å². The third kappa shape index (κ3) is 3.48. The summed E-state index contributed by atoms with van der Waals surface area (Å²) >= 11 is 1.43. The van der Waals surface area contributed by atoms with Crippen LogP contribution in [0.1, 0.15) is 36.2 Å². The fraction of sp³-hybridized carbons (Fsp3) is 0.353. The summed E-state index contributed by atoms with van der Waals surface area (Å²) in [5, 5.41) is 8.53. The summed E-state index contributed by atoms with van der Waals surface area (Å²) in [6.45, 7) is 6.80. The molecule has 5 nitrogen and oxygen atoms in total. The Morgan fingerprint density at radius 3 is 2.70 bits per heavy atom. The molecule has 23 heavy (non-hydrogen) atoms. The van der Waals surface area contributed by atoms with E-state index in [0.717, 1.165) is 10.7 Å². The molecule has 2 heterocycles. The molecule has 1 unspecified atom stereocenters. The molecule has 3 rings (SSSR count). The first-order chi connectivity index (χ1) is 11.0. The number of benzene rings is 1. The SMILES string of the molecule is Cc1nn2c(=O)cc(CNC(c3ccccc3)C(C)C)nc2s1. The average Bonchev–Trinajstić information content (AvgIpc) is 2.89. The lowest BCUT2D eigenvalue weighted by Gasteiger charge is -2.22. The Morgan fingerprint density at radius 2 is 2.00 bits per heavy atom. The van der Waals surface area contributed by atoms with Gasteiger partial charge in [-0.25, -0.2) is 4.98 Å². The van der Waals surface area contributed by atoms with Crippen molar-refractivity contribution in [2.45, 2.75) is 33.4 Å². The van der Waals surface area contributed by atoms with E-state index in [-0.39, 0.29) is 11.6 Å². The predicted molar refractivity (Wildman–Crippen MR) is 92.7 cm³/mol. The maximum Gasteiger partial charge on any atom is 0.275 e. The molecule has 1 atom stereocenters. The lowest BCUT2D eigenvalue weighted by atomic mass is 9.96. The molecule has 120 valence electrons. The van der Waals surface area contributed by atoms with Gasteiger partial charge in [0, 0.05) is 18.7 Å². The summed E-state index contributed by atoms with van der Waals surface area (Å²) in [6.07, 6.45) is 0. The Hall–Kier alpha value is -2.05. The van der Waals surface area contributed by atoms with Crippen LogP contribution in [0.25, 0.3) is 4.96 Å². The van der Waals surface area contributed by atoms with Gasteiger partial charge in [-0.15, -0.1) is 0 Å². The van der Waals surface area contributed by atoms with Crippen molar-refractivity contribution in [2.24, 2.45) is 5.92 Å². The van der Waals surface area contributed by atoms with E-state index in [4.69, 9.17) is 0 Å². The van der Waals surface area contributed by atoms with Crippen LogP contribution in [0, 0.1) is 12.8 Å². The van der Waals surface area contributed by atoms with Gasteiger partial charge in [0.2, 0.25) is 4.96 Å². The van der Waals surface area contributed by atoms with E-state index in [2.05, 4.69) is 41.4 Å². The molecular weight excluding hydrogens is 308 g/mol. The largest absolute Gasteiger partial charge is 0.304 e. The highest BCUT2D eigenvalue weighted by Gasteiger charge is 2.15. The van der Waals surface area contributed by atoms with Gasteiger partial charge in [-0.3, -0.25) is 4.79 Å². The van der Waals surface area contributed by atoms with Gasteiger partial charge in [0.15, 0.2) is 0 Å². The number of aryl methyl sites for hydroxylation is 1. The van der Waals surface area contributed by atoms with Crippen molar-refractivity contribution in [3.05, 3.63) is 63.0 Å². The van der Waals surface area contributed by atoms with Crippen molar-refractivity contribution in [1.29, 1.82) is 0 Å². The molecule has 0 saturated carbocycles. The first-order valence-corrected chi connectivity index (χ1v) is 8.51. The zero-order valence-electron chi connectivity index (χ0n) is 13.5. The predicted octanol–water partition coefficient (Wildman–Crippen LogP) is 2.95. The van der Waals surface area contributed by atoms with Crippen molar-refractivity contribution in [3.8, 4) is 0 Å². The third-order valence-corrected chi connectivity index (χ3v) is 4.55. The zero-order valence-corrected chi connectivity index (χ0v) is 14.3. The molecule has 0 bridgehead atoms. The van der Waals surface area contributed by atoms with E-state index in [1.54, 1.807) is 6.07 Å². The van der Waals surface area contributed by atoms with Crippen molar-refractivity contribution in [1.82, 2.24) is 19.9 Å².